The number of ether oxygens (including phenoxy) is 1. The van der Waals surface area contributed by atoms with Crippen LogP contribution in [0.2, 0.25) is 0 Å². The Balaban J connectivity index is 2.05. The summed E-state index contributed by atoms with van der Waals surface area (Å²) >= 11 is 0. The second-order valence-electron chi connectivity index (χ2n) is 2.94. The third-order valence-electron chi connectivity index (χ3n) is 1.81. The van der Waals surface area contributed by atoms with Crippen LogP contribution in [0.3, 0.4) is 0 Å². The molecule has 0 aromatic rings. The SMILES string of the molecule is CCCCCC=C=C1COC1. The smallest absolute Gasteiger partial charge is 0.0778 e. The first-order chi connectivity index (χ1) is 5.43. The molecule has 0 aromatic carbocycles. The fourth-order valence-electron chi connectivity index (χ4n) is 1.00. The lowest BCUT2D eigenvalue weighted by Gasteiger charge is -2.13. The van der Waals surface area contributed by atoms with Gasteiger partial charge in [0.05, 0.1) is 13.2 Å². The van der Waals surface area contributed by atoms with Crippen LogP contribution in [0.15, 0.2) is 17.4 Å². The highest BCUT2D eigenvalue weighted by Gasteiger charge is 2.05. The number of rotatable bonds is 4. The Morgan fingerprint density at radius 2 is 2.27 bits per heavy atom. The van der Waals surface area contributed by atoms with E-state index in [1.807, 2.05) is 0 Å². The van der Waals surface area contributed by atoms with E-state index in [1.54, 1.807) is 0 Å². The van der Waals surface area contributed by atoms with Crippen molar-refractivity contribution in [2.75, 3.05) is 13.2 Å². The summed E-state index contributed by atoms with van der Waals surface area (Å²) in [5.74, 6) is 0. The van der Waals surface area contributed by atoms with Crippen LogP contribution in [0.5, 0.6) is 0 Å². The fourth-order valence-corrected chi connectivity index (χ4v) is 1.00. The standard InChI is InChI=1S/C10H16O/c1-2-3-4-5-6-7-10-8-11-9-10/h6H,2-5,8-9H2,1H3. The van der Waals surface area contributed by atoms with Gasteiger partial charge in [0.2, 0.25) is 0 Å². The van der Waals surface area contributed by atoms with Crippen molar-refractivity contribution in [3.8, 4) is 0 Å². The zero-order valence-corrected chi connectivity index (χ0v) is 7.23. The molecular weight excluding hydrogens is 136 g/mol. The van der Waals surface area contributed by atoms with E-state index in [2.05, 4.69) is 18.7 Å². The number of unbranched alkanes of at least 4 members (excludes halogenated alkanes) is 3. The molecule has 0 aromatic heterocycles. The lowest BCUT2D eigenvalue weighted by molar-refractivity contribution is 0.103. The minimum absolute atomic E-state index is 0.810. The Labute approximate surface area is 68.8 Å². The van der Waals surface area contributed by atoms with E-state index in [-0.39, 0.29) is 0 Å². The number of hydrogen-bond acceptors (Lipinski definition) is 1. The lowest BCUT2D eigenvalue weighted by atomic mass is 10.2. The van der Waals surface area contributed by atoms with Gasteiger partial charge in [-0.25, -0.2) is 0 Å². The molecular formula is C10H16O. The molecule has 0 amide bonds. The molecule has 1 saturated heterocycles. The summed E-state index contributed by atoms with van der Waals surface area (Å²) in [6, 6.07) is 0. The Kier molecular flexibility index (Phi) is 4.03. The molecule has 0 aliphatic carbocycles. The van der Waals surface area contributed by atoms with Crippen LogP contribution in [0.25, 0.3) is 0 Å². The molecule has 0 N–H and O–H groups in total. The van der Waals surface area contributed by atoms with Gasteiger partial charge in [-0.2, -0.15) is 0 Å². The Morgan fingerprint density at radius 1 is 1.45 bits per heavy atom. The number of hydrogen-bond donors (Lipinski definition) is 0. The first-order valence-corrected chi connectivity index (χ1v) is 4.44. The van der Waals surface area contributed by atoms with Gasteiger partial charge in [-0.05, 0) is 18.9 Å². The largest absolute Gasteiger partial charge is 0.371 e. The highest BCUT2D eigenvalue weighted by atomic mass is 16.5. The molecule has 1 rings (SSSR count). The van der Waals surface area contributed by atoms with Crippen molar-refractivity contribution < 1.29 is 4.74 Å². The van der Waals surface area contributed by atoms with Crippen LogP contribution in [-0.2, 0) is 4.74 Å². The predicted molar refractivity (Wildman–Crippen MR) is 46.6 cm³/mol. The fraction of sp³-hybridized carbons (Fsp3) is 0.700. The van der Waals surface area contributed by atoms with Crippen molar-refractivity contribution in [3.05, 3.63) is 17.4 Å². The summed E-state index contributed by atoms with van der Waals surface area (Å²) in [6.45, 7) is 3.84. The Hall–Kier alpha value is -0.520. The van der Waals surface area contributed by atoms with E-state index in [9.17, 15) is 0 Å². The van der Waals surface area contributed by atoms with Crippen LogP contribution < -0.4 is 0 Å². The van der Waals surface area contributed by atoms with Gasteiger partial charge in [-0.1, -0.05) is 19.8 Å². The minimum atomic E-state index is 0.810. The molecule has 0 atom stereocenters. The van der Waals surface area contributed by atoms with E-state index in [4.69, 9.17) is 4.74 Å². The predicted octanol–water partition coefficient (Wildman–Crippen LogP) is 2.68. The first kappa shape index (κ1) is 8.58. The topological polar surface area (TPSA) is 9.23 Å². The Bertz CT molecular complexity index is 158. The van der Waals surface area contributed by atoms with E-state index in [0.717, 1.165) is 13.2 Å². The van der Waals surface area contributed by atoms with Crippen molar-refractivity contribution >= 4 is 0 Å². The van der Waals surface area contributed by atoms with Gasteiger partial charge in [-0.3, -0.25) is 0 Å². The quantitative estimate of drug-likeness (QED) is 0.444. The Morgan fingerprint density at radius 3 is 2.82 bits per heavy atom. The van der Waals surface area contributed by atoms with Crippen molar-refractivity contribution in [1.29, 1.82) is 0 Å². The van der Waals surface area contributed by atoms with E-state index < -0.39 is 0 Å². The maximum atomic E-state index is 4.99. The van der Waals surface area contributed by atoms with Gasteiger partial charge in [0.15, 0.2) is 0 Å². The normalized spacial score (nSPS) is 15.5. The van der Waals surface area contributed by atoms with Crippen molar-refractivity contribution in [3.63, 3.8) is 0 Å². The van der Waals surface area contributed by atoms with Crippen LogP contribution in [0.1, 0.15) is 32.6 Å². The van der Waals surface area contributed by atoms with E-state index in [1.165, 1.54) is 31.3 Å². The summed E-state index contributed by atoms with van der Waals surface area (Å²) in [7, 11) is 0. The average Bonchev–Trinajstić information content (AvgIpc) is 1.93. The molecule has 0 spiro atoms. The van der Waals surface area contributed by atoms with Gasteiger partial charge in [0.1, 0.15) is 0 Å². The van der Waals surface area contributed by atoms with Crippen molar-refractivity contribution in [2.45, 2.75) is 32.6 Å². The molecule has 62 valence electrons. The van der Waals surface area contributed by atoms with Crippen LogP contribution in [0, 0.1) is 0 Å². The molecule has 1 nitrogen and oxygen atoms in total. The monoisotopic (exact) mass is 152 g/mol. The molecule has 1 fully saturated rings. The molecule has 0 unspecified atom stereocenters. The maximum Gasteiger partial charge on any atom is 0.0778 e. The lowest BCUT2D eigenvalue weighted by Crippen LogP contribution is -2.14. The first-order valence-electron chi connectivity index (χ1n) is 4.44. The minimum Gasteiger partial charge on any atom is -0.371 e. The molecule has 1 heterocycles. The summed E-state index contributed by atoms with van der Waals surface area (Å²) in [4.78, 5) is 0. The molecule has 1 aliphatic heterocycles. The summed E-state index contributed by atoms with van der Waals surface area (Å²) in [5.41, 5.74) is 4.57. The second-order valence-corrected chi connectivity index (χ2v) is 2.94. The van der Waals surface area contributed by atoms with Crippen LogP contribution >= 0.6 is 0 Å². The van der Waals surface area contributed by atoms with E-state index >= 15 is 0 Å². The molecule has 0 radical (unpaired) electrons. The summed E-state index contributed by atoms with van der Waals surface area (Å²) in [5, 5.41) is 0. The third kappa shape index (κ3) is 3.41. The van der Waals surface area contributed by atoms with Gasteiger partial charge < -0.3 is 4.74 Å². The van der Waals surface area contributed by atoms with Gasteiger partial charge >= 0.3 is 0 Å². The average molecular weight is 152 g/mol. The van der Waals surface area contributed by atoms with Gasteiger partial charge in [0.25, 0.3) is 0 Å². The third-order valence-corrected chi connectivity index (χ3v) is 1.81. The summed E-state index contributed by atoms with van der Waals surface area (Å²) < 4.78 is 4.99. The molecule has 0 bridgehead atoms. The van der Waals surface area contributed by atoms with E-state index in [0.29, 0.717) is 0 Å². The van der Waals surface area contributed by atoms with Crippen LogP contribution in [0.4, 0.5) is 0 Å². The zero-order valence-electron chi connectivity index (χ0n) is 7.23. The molecule has 1 heteroatoms. The van der Waals surface area contributed by atoms with Crippen LogP contribution in [-0.4, -0.2) is 13.2 Å². The maximum absolute atomic E-state index is 4.99. The molecule has 11 heavy (non-hydrogen) atoms. The van der Waals surface area contributed by atoms with Gasteiger partial charge in [0, 0.05) is 5.57 Å². The zero-order chi connectivity index (χ0) is 7.94. The molecule has 1 aliphatic rings. The van der Waals surface area contributed by atoms with Crippen molar-refractivity contribution in [2.24, 2.45) is 0 Å². The van der Waals surface area contributed by atoms with Gasteiger partial charge in [-0.15, -0.1) is 5.73 Å². The second kappa shape index (κ2) is 5.17. The molecule has 0 saturated carbocycles. The highest BCUT2D eigenvalue weighted by Crippen LogP contribution is 2.06. The highest BCUT2D eigenvalue weighted by molar-refractivity contribution is 5.07. The summed E-state index contributed by atoms with van der Waals surface area (Å²) in [6.07, 6.45) is 7.26. The van der Waals surface area contributed by atoms with Crippen molar-refractivity contribution in [1.82, 2.24) is 0 Å².